The van der Waals surface area contributed by atoms with E-state index in [1.54, 1.807) is 53.4 Å². The average Bonchev–Trinajstić information content (AvgIpc) is 2.81. The summed E-state index contributed by atoms with van der Waals surface area (Å²) >= 11 is 0. The minimum absolute atomic E-state index is 0.308. The number of esters is 1. The standard InChI is InChI=1S/C22H24N2O6/c1-28-18-9-5-8-17(14-18)21(26)23-15-19(25)30-20(16-6-3-2-4-7-16)22(27)24-10-12-29-13-11-24/h2-9,14,20H,10-13,15H2,1H3,(H,23,26)/t20-/m1/s1. The first-order chi connectivity index (χ1) is 14.6. The van der Waals surface area contributed by atoms with Gasteiger partial charge in [-0.15, -0.1) is 0 Å². The molecule has 0 bridgehead atoms. The predicted octanol–water partition coefficient (Wildman–Crippen LogP) is 1.57. The van der Waals surface area contributed by atoms with Crippen LogP contribution in [0.25, 0.3) is 0 Å². The zero-order chi connectivity index (χ0) is 21.3. The minimum Gasteiger partial charge on any atom is -0.497 e. The number of methoxy groups -OCH3 is 1. The lowest BCUT2D eigenvalue weighted by Crippen LogP contribution is -2.44. The summed E-state index contributed by atoms with van der Waals surface area (Å²) in [7, 11) is 1.50. The summed E-state index contributed by atoms with van der Waals surface area (Å²) in [5.41, 5.74) is 0.924. The Hall–Kier alpha value is -3.39. The summed E-state index contributed by atoms with van der Waals surface area (Å²) in [5, 5.41) is 2.51. The van der Waals surface area contributed by atoms with Crippen LogP contribution in [0.15, 0.2) is 54.6 Å². The third-order valence-electron chi connectivity index (χ3n) is 4.62. The minimum atomic E-state index is -1.08. The van der Waals surface area contributed by atoms with Crippen molar-refractivity contribution >= 4 is 17.8 Å². The number of nitrogens with one attached hydrogen (secondary N) is 1. The topological polar surface area (TPSA) is 94.2 Å². The molecule has 0 aliphatic carbocycles. The molecule has 0 unspecified atom stereocenters. The smallest absolute Gasteiger partial charge is 0.326 e. The molecule has 3 rings (SSSR count). The maximum atomic E-state index is 13.0. The number of amides is 2. The van der Waals surface area contributed by atoms with Crippen molar-refractivity contribution < 1.29 is 28.6 Å². The maximum absolute atomic E-state index is 13.0. The molecule has 1 aliphatic rings. The van der Waals surface area contributed by atoms with Crippen LogP contribution in [0.2, 0.25) is 0 Å². The van der Waals surface area contributed by atoms with Gasteiger partial charge in [0.25, 0.3) is 11.8 Å². The average molecular weight is 412 g/mol. The third-order valence-corrected chi connectivity index (χ3v) is 4.62. The van der Waals surface area contributed by atoms with Gasteiger partial charge in [-0.1, -0.05) is 36.4 Å². The Bertz CT molecular complexity index is 880. The van der Waals surface area contributed by atoms with Gasteiger partial charge in [-0.2, -0.15) is 0 Å². The van der Waals surface area contributed by atoms with Crippen molar-refractivity contribution in [3.8, 4) is 5.75 Å². The molecule has 8 heteroatoms. The number of hydrogen-bond donors (Lipinski definition) is 1. The predicted molar refractivity (Wildman–Crippen MR) is 108 cm³/mol. The number of carbonyl (C=O) groups is 3. The first-order valence-electron chi connectivity index (χ1n) is 9.61. The van der Waals surface area contributed by atoms with Gasteiger partial charge < -0.3 is 24.4 Å². The Kier molecular flexibility index (Phi) is 7.40. The monoisotopic (exact) mass is 412 g/mol. The second-order valence-electron chi connectivity index (χ2n) is 6.63. The Balaban J connectivity index is 1.64. The van der Waals surface area contributed by atoms with E-state index in [2.05, 4.69) is 5.32 Å². The molecule has 1 aliphatic heterocycles. The number of rotatable bonds is 7. The third kappa shape index (κ3) is 5.57. The zero-order valence-electron chi connectivity index (χ0n) is 16.7. The van der Waals surface area contributed by atoms with E-state index in [9.17, 15) is 14.4 Å². The number of ether oxygens (including phenoxy) is 3. The van der Waals surface area contributed by atoms with Crippen molar-refractivity contribution in [2.45, 2.75) is 6.10 Å². The number of hydrogen-bond acceptors (Lipinski definition) is 6. The Morgan fingerprint density at radius 1 is 1.07 bits per heavy atom. The summed E-state index contributed by atoms with van der Waals surface area (Å²) in [6.07, 6.45) is -1.08. The normalized spacial score (nSPS) is 14.5. The molecule has 2 aromatic rings. The first kappa shape index (κ1) is 21.3. The molecule has 0 radical (unpaired) electrons. The molecule has 2 amide bonds. The van der Waals surface area contributed by atoms with Gasteiger partial charge in [-0.05, 0) is 18.2 Å². The second-order valence-corrected chi connectivity index (χ2v) is 6.63. The summed E-state index contributed by atoms with van der Waals surface area (Å²) in [5.74, 6) is -0.925. The quantitative estimate of drug-likeness (QED) is 0.694. The van der Waals surface area contributed by atoms with E-state index in [1.165, 1.54) is 7.11 Å². The van der Waals surface area contributed by atoms with Crippen LogP contribution in [0.5, 0.6) is 5.75 Å². The molecule has 8 nitrogen and oxygen atoms in total. The van der Waals surface area contributed by atoms with Crippen molar-refractivity contribution in [1.82, 2.24) is 10.2 Å². The fourth-order valence-electron chi connectivity index (χ4n) is 3.03. The molecule has 0 saturated carbocycles. The van der Waals surface area contributed by atoms with Crippen molar-refractivity contribution in [1.29, 1.82) is 0 Å². The van der Waals surface area contributed by atoms with Crippen LogP contribution < -0.4 is 10.1 Å². The fourth-order valence-corrected chi connectivity index (χ4v) is 3.03. The fraction of sp³-hybridized carbons (Fsp3) is 0.318. The lowest BCUT2D eigenvalue weighted by molar-refractivity contribution is -0.162. The lowest BCUT2D eigenvalue weighted by atomic mass is 10.1. The maximum Gasteiger partial charge on any atom is 0.326 e. The van der Waals surface area contributed by atoms with Gasteiger partial charge >= 0.3 is 5.97 Å². The number of benzene rings is 2. The SMILES string of the molecule is COc1cccc(C(=O)NCC(=O)O[C@@H](C(=O)N2CCOCC2)c2ccccc2)c1. The van der Waals surface area contributed by atoms with Crippen LogP contribution in [0.4, 0.5) is 0 Å². The van der Waals surface area contributed by atoms with Gasteiger partial charge in [-0.3, -0.25) is 14.4 Å². The molecule has 2 aromatic carbocycles. The van der Waals surface area contributed by atoms with Gasteiger partial charge in [0.15, 0.2) is 0 Å². The van der Waals surface area contributed by atoms with E-state index < -0.39 is 18.0 Å². The number of nitrogens with zero attached hydrogens (tertiary/aromatic N) is 1. The Morgan fingerprint density at radius 3 is 2.50 bits per heavy atom. The summed E-state index contributed by atoms with van der Waals surface area (Å²) in [6, 6.07) is 15.4. The van der Waals surface area contributed by atoms with Crippen molar-refractivity contribution in [2.75, 3.05) is 40.0 Å². The highest BCUT2D eigenvalue weighted by molar-refractivity contribution is 5.96. The molecule has 1 N–H and O–H groups in total. The van der Waals surface area contributed by atoms with Crippen molar-refractivity contribution in [3.05, 3.63) is 65.7 Å². The van der Waals surface area contributed by atoms with Crippen LogP contribution in [0.3, 0.4) is 0 Å². The van der Waals surface area contributed by atoms with E-state index >= 15 is 0 Å². The van der Waals surface area contributed by atoms with Crippen LogP contribution in [0, 0.1) is 0 Å². The van der Waals surface area contributed by atoms with Crippen molar-refractivity contribution in [2.24, 2.45) is 0 Å². The summed E-state index contributed by atoms with van der Waals surface area (Å²) < 4.78 is 15.8. The van der Waals surface area contributed by atoms with Gasteiger partial charge in [0.05, 0.1) is 20.3 Å². The largest absolute Gasteiger partial charge is 0.497 e. The summed E-state index contributed by atoms with van der Waals surface area (Å²) in [6.45, 7) is 1.39. The van der Waals surface area contributed by atoms with E-state index in [1.807, 2.05) is 6.07 Å². The molecule has 30 heavy (non-hydrogen) atoms. The van der Waals surface area contributed by atoms with Crippen LogP contribution in [-0.4, -0.2) is 62.6 Å². The molecular formula is C22H24N2O6. The van der Waals surface area contributed by atoms with Gasteiger partial charge in [0.2, 0.25) is 6.10 Å². The highest BCUT2D eigenvalue weighted by Gasteiger charge is 2.30. The van der Waals surface area contributed by atoms with Gasteiger partial charge in [0, 0.05) is 24.2 Å². The molecule has 0 spiro atoms. The van der Waals surface area contributed by atoms with Crippen LogP contribution >= 0.6 is 0 Å². The van der Waals surface area contributed by atoms with E-state index in [4.69, 9.17) is 14.2 Å². The molecule has 1 saturated heterocycles. The van der Waals surface area contributed by atoms with Gasteiger partial charge in [0.1, 0.15) is 12.3 Å². The second kappa shape index (κ2) is 10.4. The van der Waals surface area contributed by atoms with Gasteiger partial charge in [-0.25, -0.2) is 0 Å². The number of carbonyl (C=O) groups excluding carboxylic acids is 3. The molecule has 158 valence electrons. The molecule has 1 fully saturated rings. The summed E-state index contributed by atoms with van der Waals surface area (Å²) in [4.78, 5) is 39.3. The highest BCUT2D eigenvalue weighted by Crippen LogP contribution is 2.21. The first-order valence-corrected chi connectivity index (χ1v) is 9.61. The van der Waals surface area contributed by atoms with E-state index in [0.29, 0.717) is 43.2 Å². The Labute approximate surface area is 174 Å². The molecular weight excluding hydrogens is 388 g/mol. The van der Waals surface area contributed by atoms with Crippen molar-refractivity contribution in [3.63, 3.8) is 0 Å². The van der Waals surface area contributed by atoms with Crippen LogP contribution in [-0.2, 0) is 19.1 Å². The molecule has 0 aromatic heterocycles. The molecule has 1 atom stereocenters. The molecule has 1 heterocycles. The highest BCUT2D eigenvalue weighted by atomic mass is 16.5. The van der Waals surface area contributed by atoms with E-state index in [0.717, 1.165) is 0 Å². The Morgan fingerprint density at radius 2 is 1.80 bits per heavy atom. The van der Waals surface area contributed by atoms with Crippen LogP contribution in [0.1, 0.15) is 22.0 Å². The lowest BCUT2D eigenvalue weighted by Gasteiger charge is -2.30. The zero-order valence-corrected chi connectivity index (χ0v) is 16.7. The van der Waals surface area contributed by atoms with E-state index in [-0.39, 0.29) is 12.5 Å². The number of morpholine rings is 1.